The van der Waals surface area contributed by atoms with Crippen LogP contribution in [0.3, 0.4) is 0 Å². The van der Waals surface area contributed by atoms with E-state index in [9.17, 15) is 17.6 Å². The molecule has 1 aromatic carbocycles. The van der Waals surface area contributed by atoms with Crippen molar-refractivity contribution in [2.45, 2.75) is 13.0 Å². The molecule has 1 atom stereocenters. The highest BCUT2D eigenvalue weighted by atomic mass is 32.2. The summed E-state index contributed by atoms with van der Waals surface area (Å²) in [5.74, 6) is -1.12. The zero-order valence-electron chi connectivity index (χ0n) is 10.5. The maximum absolute atomic E-state index is 13.2. The van der Waals surface area contributed by atoms with Gasteiger partial charge in [0.05, 0.1) is 17.1 Å². The van der Waals surface area contributed by atoms with E-state index in [2.05, 4.69) is 0 Å². The number of benzene rings is 1. The molecule has 0 aromatic heterocycles. The average Bonchev–Trinajstić information content (AvgIpc) is 2.30. The number of hydrogen-bond acceptors (Lipinski definition) is 4. The summed E-state index contributed by atoms with van der Waals surface area (Å²) >= 11 is 0. The van der Waals surface area contributed by atoms with Crippen molar-refractivity contribution in [3.05, 3.63) is 29.6 Å². The first kappa shape index (κ1) is 13.8. The molecule has 0 saturated carbocycles. The van der Waals surface area contributed by atoms with E-state index in [0.29, 0.717) is 0 Å². The Bertz CT molecular complexity index is 615. The molecule has 1 aliphatic heterocycles. The minimum Gasteiger partial charge on any atom is -0.398 e. The van der Waals surface area contributed by atoms with E-state index in [-0.39, 0.29) is 29.3 Å². The first-order chi connectivity index (χ1) is 8.80. The minimum absolute atomic E-state index is 0.0711. The Hall–Kier alpha value is -1.63. The lowest BCUT2D eigenvalue weighted by Gasteiger charge is -2.33. The van der Waals surface area contributed by atoms with Crippen LogP contribution >= 0.6 is 0 Å². The van der Waals surface area contributed by atoms with E-state index >= 15 is 0 Å². The van der Waals surface area contributed by atoms with Gasteiger partial charge in [-0.15, -0.1) is 0 Å². The number of hydrogen-bond donors (Lipinski definition) is 1. The molecule has 1 heterocycles. The SMILES string of the molecule is CC1CS(=O)(=O)CCN1C(=O)c1cc(F)ccc1N. The third kappa shape index (κ3) is 2.86. The van der Waals surface area contributed by atoms with Crippen LogP contribution in [0.4, 0.5) is 10.1 Å². The fraction of sp³-hybridized carbons (Fsp3) is 0.417. The van der Waals surface area contributed by atoms with Gasteiger partial charge in [0.2, 0.25) is 0 Å². The molecular formula is C12H15FN2O3S. The fourth-order valence-corrected chi connectivity index (χ4v) is 3.73. The molecule has 5 nitrogen and oxygen atoms in total. The van der Waals surface area contributed by atoms with Gasteiger partial charge in [0.25, 0.3) is 5.91 Å². The van der Waals surface area contributed by atoms with Crippen LogP contribution in [0.1, 0.15) is 17.3 Å². The molecule has 7 heteroatoms. The Morgan fingerprint density at radius 3 is 2.79 bits per heavy atom. The minimum atomic E-state index is -3.10. The number of rotatable bonds is 1. The number of nitrogens with zero attached hydrogens (tertiary/aromatic N) is 1. The van der Waals surface area contributed by atoms with Gasteiger partial charge in [0.1, 0.15) is 5.82 Å². The van der Waals surface area contributed by atoms with Gasteiger partial charge in [-0.1, -0.05) is 0 Å². The second kappa shape index (κ2) is 4.80. The van der Waals surface area contributed by atoms with E-state index in [0.717, 1.165) is 6.07 Å². The van der Waals surface area contributed by atoms with Crippen LogP contribution in [0, 0.1) is 5.82 Å². The Morgan fingerprint density at radius 1 is 1.47 bits per heavy atom. The van der Waals surface area contributed by atoms with Gasteiger partial charge in [-0.3, -0.25) is 4.79 Å². The quantitative estimate of drug-likeness (QED) is 0.769. The Balaban J connectivity index is 2.27. The lowest BCUT2D eigenvalue weighted by Crippen LogP contribution is -2.49. The summed E-state index contributed by atoms with van der Waals surface area (Å²) in [5, 5.41) is 0. The number of anilines is 1. The molecular weight excluding hydrogens is 271 g/mol. The highest BCUT2D eigenvalue weighted by molar-refractivity contribution is 7.91. The van der Waals surface area contributed by atoms with Gasteiger partial charge in [-0.2, -0.15) is 0 Å². The number of carbonyl (C=O) groups is 1. The lowest BCUT2D eigenvalue weighted by atomic mass is 10.1. The lowest BCUT2D eigenvalue weighted by molar-refractivity contribution is 0.0713. The molecule has 1 amide bonds. The maximum Gasteiger partial charge on any atom is 0.256 e. The highest BCUT2D eigenvalue weighted by Crippen LogP contribution is 2.20. The summed E-state index contributed by atoms with van der Waals surface area (Å²) in [5.41, 5.74) is 5.93. The zero-order chi connectivity index (χ0) is 14.2. The van der Waals surface area contributed by atoms with E-state index in [1.807, 2.05) is 0 Å². The second-order valence-electron chi connectivity index (χ2n) is 4.69. The van der Waals surface area contributed by atoms with Crippen LogP contribution in [0.5, 0.6) is 0 Å². The van der Waals surface area contributed by atoms with Crippen LogP contribution in [-0.4, -0.2) is 43.3 Å². The van der Waals surface area contributed by atoms with Crippen LogP contribution in [-0.2, 0) is 9.84 Å². The Kier molecular flexibility index (Phi) is 3.49. The third-order valence-corrected chi connectivity index (χ3v) is 4.97. The molecule has 1 aliphatic rings. The second-order valence-corrected chi connectivity index (χ2v) is 6.92. The van der Waals surface area contributed by atoms with Crippen molar-refractivity contribution in [1.82, 2.24) is 4.90 Å². The Labute approximate surface area is 111 Å². The predicted octanol–water partition coefficient (Wildman–Crippen LogP) is 0.667. The topological polar surface area (TPSA) is 80.5 Å². The number of nitrogens with two attached hydrogens (primary N) is 1. The van der Waals surface area contributed by atoms with E-state index < -0.39 is 27.6 Å². The summed E-state index contributed by atoms with van der Waals surface area (Å²) in [7, 11) is -3.10. The normalized spacial score (nSPS) is 22.2. The summed E-state index contributed by atoms with van der Waals surface area (Å²) in [6.45, 7) is 1.77. The molecule has 0 bridgehead atoms. The van der Waals surface area contributed by atoms with Gasteiger partial charge in [0.15, 0.2) is 9.84 Å². The van der Waals surface area contributed by atoms with Crippen molar-refractivity contribution in [1.29, 1.82) is 0 Å². The molecule has 2 rings (SSSR count). The van der Waals surface area contributed by atoms with Gasteiger partial charge in [-0.25, -0.2) is 12.8 Å². The number of halogens is 1. The van der Waals surface area contributed by atoms with Crippen LogP contribution in [0.15, 0.2) is 18.2 Å². The van der Waals surface area contributed by atoms with Crippen molar-refractivity contribution in [2.24, 2.45) is 0 Å². The van der Waals surface area contributed by atoms with Crippen LogP contribution in [0.2, 0.25) is 0 Å². The summed E-state index contributed by atoms with van der Waals surface area (Å²) in [6, 6.07) is 3.14. The zero-order valence-corrected chi connectivity index (χ0v) is 11.3. The third-order valence-electron chi connectivity index (χ3n) is 3.18. The number of nitrogen functional groups attached to an aromatic ring is 1. The van der Waals surface area contributed by atoms with E-state index in [1.54, 1.807) is 6.92 Å². The standard InChI is InChI=1S/C12H15FN2O3S/c1-8-7-19(17,18)5-4-15(8)12(16)10-6-9(13)2-3-11(10)14/h2-3,6,8H,4-5,7,14H2,1H3. The fourth-order valence-electron chi connectivity index (χ4n) is 2.17. The maximum atomic E-state index is 13.2. The van der Waals surface area contributed by atoms with Crippen molar-refractivity contribution in [3.8, 4) is 0 Å². The van der Waals surface area contributed by atoms with Crippen molar-refractivity contribution in [2.75, 3.05) is 23.8 Å². The molecule has 2 N–H and O–H groups in total. The molecule has 0 aliphatic carbocycles. The smallest absolute Gasteiger partial charge is 0.256 e. The van der Waals surface area contributed by atoms with Crippen LogP contribution < -0.4 is 5.73 Å². The largest absolute Gasteiger partial charge is 0.398 e. The van der Waals surface area contributed by atoms with Crippen molar-refractivity contribution in [3.63, 3.8) is 0 Å². The molecule has 19 heavy (non-hydrogen) atoms. The highest BCUT2D eigenvalue weighted by Gasteiger charge is 2.32. The first-order valence-electron chi connectivity index (χ1n) is 5.86. The monoisotopic (exact) mass is 286 g/mol. The number of carbonyl (C=O) groups excluding carboxylic acids is 1. The summed E-state index contributed by atoms with van der Waals surface area (Å²) in [6.07, 6.45) is 0. The Morgan fingerprint density at radius 2 is 2.16 bits per heavy atom. The molecule has 104 valence electrons. The van der Waals surface area contributed by atoms with Gasteiger partial charge >= 0.3 is 0 Å². The van der Waals surface area contributed by atoms with Crippen molar-refractivity contribution < 1.29 is 17.6 Å². The molecule has 1 fully saturated rings. The van der Waals surface area contributed by atoms with Crippen molar-refractivity contribution >= 4 is 21.4 Å². The summed E-state index contributed by atoms with van der Waals surface area (Å²) in [4.78, 5) is 13.7. The molecule has 1 saturated heterocycles. The van der Waals surface area contributed by atoms with E-state index in [1.165, 1.54) is 17.0 Å². The van der Waals surface area contributed by atoms with E-state index in [4.69, 9.17) is 5.73 Å². The van der Waals surface area contributed by atoms with Gasteiger partial charge < -0.3 is 10.6 Å². The van der Waals surface area contributed by atoms with Crippen LogP contribution in [0.25, 0.3) is 0 Å². The van der Waals surface area contributed by atoms with Gasteiger partial charge in [-0.05, 0) is 25.1 Å². The predicted molar refractivity (Wildman–Crippen MR) is 70.0 cm³/mol. The molecule has 1 unspecified atom stereocenters. The number of amides is 1. The average molecular weight is 286 g/mol. The first-order valence-corrected chi connectivity index (χ1v) is 7.69. The molecule has 1 aromatic rings. The molecule has 0 spiro atoms. The van der Waals surface area contributed by atoms with Gasteiger partial charge in [0, 0.05) is 18.3 Å². The number of sulfone groups is 1. The summed E-state index contributed by atoms with van der Waals surface area (Å²) < 4.78 is 36.1. The molecule has 0 radical (unpaired) electrons.